The van der Waals surface area contributed by atoms with E-state index in [0.717, 1.165) is 24.2 Å². The summed E-state index contributed by atoms with van der Waals surface area (Å²) < 4.78 is 2.36. The van der Waals surface area contributed by atoms with E-state index in [1.54, 1.807) is 0 Å². The first kappa shape index (κ1) is 12.0. The van der Waals surface area contributed by atoms with E-state index in [0.29, 0.717) is 12.0 Å². The van der Waals surface area contributed by atoms with Crippen LogP contribution in [0.5, 0.6) is 0 Å². The summed E-state index contributed by atoms with van der Waals surface area (Å²) in [6.07, 6.45) is 11.8. The van der Waals surface area contributed by atoms with E-state index < -0.39 is 0 Å². The van der Waals surface area contributed by atoms with Crippen LogP contribution < -0.4 is 5.73 Å². The second kappa shape index (κ2) is 4.08. The molecule has 0 aliphatic heterocycles. The van der Waals surface area contributed by atoms with Crippen molar-refractivity contribution in [2.75, 3.05) is 6.54 Å². The maximum Gasteiger partial charge on any atom is 0.109 e. The molecule has 1 aromatic rings. The number of aromatic nitrogens is 2. The highest BCUT2D eigenvalue weighted by molar-refractivity contribution is 5.23. The lowest BCUT2D eigenvalue weighted by Gasteiger charge is -2.56. The summed E-state index contributed by atoms with van der Waals surface area (Å²) in [7, 11) is 2.20. The van der Waals surface area contributed by atoms with Crippen molar-refractivity contribution < 1.29 is 0 Å². The summed E-state index contributed by atoms with van der Waals surface area (Å²) in [5.41, 5.74) is 7.66. The molecular formula is C16H25N3. The number of hydrogen-bond acceptors (Lipinski definition) is 2. The fraction of sp³-hybridized carbons (Fsp3) is 0.812. The van der Waals surface area contributed by atoms with Crippen molar-refractivity contribution in [2.24, 2.45) is 30.5 Å². The van der Waals surface area contributed by atoms with Gasteiger partial charge in [-0.3, -0.25) is 0 Å². The third-order valence-electron chi connectivity index (χ3n) is 6.03. The molecule has 1 heterocycles. The lowest BCUT2D eigenvalue weighted by molar-refractivity contribution is -0.00853. The molecule has 4 saturated carbocycles. The van der Waals surface area contributed by atoms with Crippen molar-refractivity contribution in [3.63, 3.8) is 0 Å². The topological polar surface area (TPSA) is 43.8 Å². The molecule has 3 nitrogen and oxygen atoms in total. The highest BCUT2D eigenvalue weighted by Crippen LogP contribution is 2.60. The van der Waals surface area contributed by atoms with Crippen LogP contribution in [-0.2, 0) is 18.9 Å². The second-order valence-electron chi connectivity index (χ2n) is 7.36. The summed E-state index contributed by atoms with van der Waals surface area (Å²) in [5.74, 6) is 4.17. The molecule has 0 amide bonds. The molecule has 19 heavy (non-hydrogen) atoms. The molecule has 104 valence electrons. The molecule has 0 radical (unpaired) electrons. The van der Waals surface area contributed by atoms with Gasteiger partial charge in [0.2, 0.25) is 0 Å². The van der Waals surface area contributed by atoms with Gasteiger partial charge < -0.3 is 10.3 Å². The lowest BCUT2D eigenvalue weighted by Crippen LogP contribution is -2.49. The highest BCUT2D eigenvalue weighted by atomic mass is 15.1. The van der Waals surface area contributed by atoms with Crippen molar-refractivity contribution in [3.8, 4) is 0 Å². The van der Waals surface area contributed by atoms with Gasteiger partial charge in [-0.2, -0.15) is 0 Å². The zero-order valence-corrected chi connectivity index (χ0v) is 11.9. The Bertz CT molecular complexity index is 453. The molecule has 0 atom stereocenters. The summed E-state index contributed by atoms with van der Waals surface area (Å²) in [6, 6.07) is 0. The van der Waals surface area contributed by atoms with E-state index in [1.807, 2.05) is 0 Å². The van der Waals surface area contributed by atoms with E-state index in [-0.39, 0.29) is 0 Å². The van der Waals surface area contributed by atoms with Crippen molar-refractivity contribution >= 4 is 0 Å². The maximum absolute atomic E-state index is 5.69. The van der Waals surface area contributed by atoms with Crippen molar-refractivity contribution in [2.45, 2.75) is 50.4 Å². The Kier molecular flexibility index (Phi) is 2.57. The molecule has 5 rings (SSSR count). The number of hydrogen-bond donors (Lipinski definition) is 1. The minimum Gasteiger partial charge on any atom is -0.335 e. The van der Waals surface area contributed by atoms with Gasteiger partial charge in [-0.15, -0.1) is 0 Å². The monoisotopic (exact) mass is 259 g/mol. The Hall–Kier alpha value is -0.830. The zero-order valence-electron chi connectivity index (χ0n) is 11.9. The molecular weight excluding hydrogens is 234 g/mol. The summed E-state index contributed by atoms with van der Waals surface area (Å²) in [6.45, 7) is 0.700. The predicted octanol–water partition coefficient (Wildman–Crippen LogP) is 2.39. The van der Waals surface area contributed by atoms with Crippen LogP contribution in [0.25, 0.3) is 0 Å². The molecule has 4 fully saturated rings. The largest absolute Gasteiger partial charge is 0.335 e. The smallest absolute Gasteiger partial charge is 0.109 e. The van der Waals surface area contributed by atoms with Crippen LogP contribution in [-0.4, -0.2) is 16.1 Å². The van der Waals surface area contributed by atoms with Gasteiger partial charge in [-0.05, 0) is 62.8 Å². The van der Waals surface area contributed by atoms with E-state index in [9.17, 15) is 0 Å². The standard InChI is InChI=1S/C16H25N3/c1-19-14(10-18-15(19)2-3-17)16-7-11-4-12(8-16)6-13(5-11)9-16/h10-13H,2-9,17H2,1H3. The Morgan fingerprint density at radius 2 is 1.79 bits per heavy atom. The molecule has 1 aromatic heterocycles. The molecule has 3 heteroatoms. The molecule has 2 N–H and O–H groups in total. The molecule has 4 bridgehead atoms. The minimum atomic E-state index is 0.462. The third kappa shape index (κ3) is 1.70. The van der Waals surface area contributed by atoms with Gasteiger partial charge >= 0.3 is 0 Å². The van der Waals surface area contributed by atoms with Gasteiger partial charge in [-0.1, -0.05) is 0 Å². The molecule has 4 aliphatic carbocycles. The fourth-order valence-corrected chi connectivity index (χ4v) is 5.73. The van der Waals surface area contributed by atoms with Gasteiger partial charge in [0.05, 0.1) is 0 Å². The first-order chi connectivity index (χ1) is 9.20. The van der Waals surface area contributed by atoms with Crippen molar-refractivity contribution in [1.82, 2.24) is 9.55 Å². The zero-order chi connectivity index (χ0) is 13.0. The van der Waals surface area contributed by atoms with E-state index in [1.165, 1.54) is 50.0 Å². The van der Waals surface area contributed by atoms with Gasteiger partial charge in [0.15, 0.2) is 0 Å². The molecule has 4 aliphatic rings. The minimum absolute atomic E-state index is 0.462. The quantitative estimate of drug-likeness (QED) is 0.906. The highest BCUT2D eigenvalue weighted by Gasteiger charge is 2.52. The molecule has 0 saturated heterocycles. The van der Waals surface area contributed by atoms with E-state index in [2.05, 4.69) is 22.8 Å². The van der Waals surface area contributed by atoms with Gasteiger partial charge in [0.1, 0.15) is 5.82 Å². The van der Waals surface area contributed by atoms with Crippen LogP contribution in [0, 0.1) is 17.8 Å². The van der Waals surface area contributed by atoms with Crippen molar-refractivity contribution in [3.05, 3.63) is 17.7 Å². The fourth-order valence-electron chi connectivity index (χ4n) is 5.73. The number of rotatable bonds is 3. The van der Waals surface area contributed by atoms with E-state index >= 15 is 0 Å². The van der Waals surface area contributed by atoms with Crippen LogP contribution in [0.2, 0.25) is 0 Å². The predicted molar refractivity (Wildman–Crippen MR) is 75.8 cm³/mol. The number of nitrogens with two attached hydrogens (primary N) is 1. The Balaban J connectivity index is 1.71. The molecule has 0 aromatic carbocycles. The maximum atomic E-state index is 5.69. The van der Waals surface area contributed by atoms with Crippen LogP contribution in [0.1, 0.15) is 50.0 Å². The Morgan fingerprint density at radius 1 is 1.21 bits per heavy atom. The Labute approximate surface area is 115 Å². The van der Waals surface area contributed by atoms with Gasteiger partial charge in [0, 0.05) is 30.8 Å². The van der Waals surface area contributed by atoms with Crippen LogP contribution in [0.15, 0.2) is 6.20 Å². The van der Waals surface area contributed by atoms with Gasteiger partial charge in [0.25, 0.3) is 0 Å². The van der Waals surface area contributed by atoms with E-state index in [4.69, 9.17) is 5.73 Å². The average molecular weight is 259 g/mol. The lowest BCUT2D eigenvalue weighted by atomic mass is 9.49. The van der Waals surface area contributed by atoms with Crippen LogP contribution in [0.3, 0.4) is 0 Å². The SMILES string of the molecule is Cn1c(C23CC4CC(CC(C4)C2)C3)cnc1CCN. The molecule has 0 unspecified atom stereocenters. The van der Waals surface area contributed by atoms with Crippen LogP contribution in [0.4, 0.5) is 0 Å². The first-order valence-corrected chi connectivity index (χ1v) is 7.91. The average Bonchev–Trinajstić information content (AvgIpc) is 2.70. The van der Waals surface area contributed by atoms with Gasteiger partial charge in [-0.25, -0.2) is 4.98 Å². The summed E-state index contributed by atoms with van der Waals surface area (Å²) >= 11 is 0. The van der Waals surface area contributed by atoms with Crippen molar-refractivity contribution in [1.29, 1.82) is 0 Å². The molecule has 0 spiro atoms. The number of imidazole rings is 1. The van der Waals surface area contributed by atoms with Crippen LogP contribution >= 0.6 is 0 Å². The summed E-state index contributed by atoms with van der Waals surface area (Å²) in [4.78, 5) is 4.65. The Morgan fingerprint density at radius 3 is 2.32 bits per heavy atom. The second-order valence-corrected chi connectivity index (χ2v) is 7.36. The number of nitrogens with zero attached hydrogens (tertiary/aromatic N) is 2. The normalized spacial score (nSPS) is 40.0. The summed E-state index contributed by atoms with van der Waals surface area (Å²) in [5, 5.41) is 0. The first-order valence-electron chi connectivity index (χ1n) is 7.91. The third-order valence-corrected chi connectivity index (χ3v) is 6.03.